The largest absolute Gasteiger partial charge is 0.337 e. The number of rotatable bonds is 2. The lowest BCUT2D eigenvalue weighted by atomic mass is 10.1. The lowest BCUT2D eigenvalue weighted by Crippen LogP contribution is -2.38. The first-order valence-electron chi connectivity index (χ1n) is 5.42. The molecule has 4 heteroatoms. The number of likely N-dealkylation sites (N-methyl/N-ethyl adjacent to an activating group) is 1. The van der Waals surface area contributed by atoms with Gasteiger partial charge in [-0.1, -0.05) is 17.7 Å². The van der Waals surface area contributed by atoms with Crippen molar-refractivity contribution in [3.63, 3.8) is 0 Å². The maximum absolute atomic E-state index is 12.1. The van der Waals surface area contributed by atoms with Crippen molar-refractivity contribution in [1.29, 1.82) is 0 Å². The molecule has 1 aliphatic rings. The Morgan fingerprint density at radius 3 is 3.00 bits per heavy atom. The van der Waals surface area contributed by atoms with E-state index in [1.807, 2.05) is 7.05 Å². The molecule has 86 valence electrons. The molecule has 0 bridgehead atoms. The molecule has 0 aliphatic carbocycles. The van der Waals surface area contributed by atoms with E-state index in [1.165, 1.54) is 0 Å². The summed E-state index contributed by atoms with van der Waals surface area (Å²) in [5, 5.41) is 3.85. The Morgan fingerprint density at radius 2 is 2.38 bits per heavy atom. The third-order valence-electron chi connectivity index (χ3n) is 2.97. The van der Waals surface area contributed by atoms with E-state index >= 15 is 0 Å². The molecule has 0 unspecified atom stereocenters. The zero-order chi connectivity index (χ0) is 11.5. The average Bonchev–Trinajstić information content (AvgIpc) is 2.80. The molecule has 1 aliphatic heterocycles. The van der Waals surface area contributed by atoms with Gasteiger partial charge in [-0.25, -0.2) is 0 Å². The SMILES string of the molecule is CN(C(=O)c1cccc(Cl)c1)[C@H]1CCNC1. The monoisotopic (exact) mass is 238 g/mol. The van der Waals surface area contributed by atoms with Gasteiger partial charge in [-0.05, 0) is 31.2 Å². The van der Waals surface area contributed by atoms with Crippen molar-refractivity contribution in [2.75, 3.05) is 20.1 Å². The van der Waals surface area contributed by atoms with Gasteiger partial charge in [-0.3, -0.25) is 4.79 Å². The summed E-state index contributed by atoms with van der Waals surface area (Å²) in [5.41, 5.74) is 0.655. The predicted octanol–water partition coefficient (Wildman–Crippen LogP) is 1.77. The minimum Gasteiger partial charge on any atom is -0.337 e. The maximum atomic E-state index is 12.1. The Kier molecular flexibility index (Phi) is 3.46. The number of nitrogens with zero attached hydrogens (tertiary/aromatic N) is 1. The quantitative estimate of drug-likeness (QED) is 0.852. The molecule has 1 aromatic carbocycles. The third kappa shape index (κ3) is 2.36. The fourth-order valence-corrected chi connectivity index (χ4v) is 2.15. The van der Waals surface area contributed by atoms with E-state index in [9.17, 15) is 4.79 Å². The van der Waals surface area contributed by atoms with E-state index < -0.39 is 0 Å². The predicted molar refractivity (Wildman–Crippen MR) is 64.8 cm³/mol. The van der Waals surface area contributed by atoms with Gasteiger partial charge in [0, 0.05) is 30.2 Å². The molecule has 0 saturated carbocycles. The number of halogens is 1. The summed E-state index contributed by atoms with van der Waals surface area (Å²) >= 11 is 5.87. The summed E-state index contributed by atoms with van der Waals surface area (Å²) in [5.74, 6) is 0.0381. The van der Waals surface area contributed by atoms with Crippen LogP contribution in [-0.2, 0) is 0 Å². The van der Waals surface area contributed by atoms with E-state index in [0.717, 1.165) is 19.5 Å². The average molecular weight is 239 g/mol. The van der Waals surface area contributed by atoms with Crippen molar-refractivity contribution in [2.45, 2.75) is 12.5 Å². The highest BCUT2D eigenvalue weighted by atomic mass is 35.5. The Bertz CT molecular complexity index is 388. The Hall–Kier alpha value is -1.06. The third-order valence-corrected chi connectivity index (χ3v) is 3.21. The lowest BCUT2D eigenvalue weighted by Gasteiger charge is -2.23. The zero-order valence-corrected chi connectivity index (χ0v) is 10.00. The summed E-state index contributed by atoms with van der Waals surface area (Å²) in [7, 11) is 1.85. The van der Waals surface area contributed by atoms with Crippen molar-refractivity contribution in [2.24, 2.45) is 0 Å². The van der Waals surface area contributed by atoms with E-state index in [-0.39, 0.29) is 5.91 Å². The number of hydrogen-bond donors (Lipinski definition) is 1. The van der Waals surface area contributed by atoms with E-state index in [0.29, 0.717) is 16.6 Å². The van der Waals surface area contributed by atoms with Gasteiger partial charge >= 0.3 is 0 Å². The van der Waals surface area contributed by atoms with Crippen molar-refractivity contribution in [1.82, 2.24) is 10.2 Å². The van der Waals surface area contributed by atoms with Crippen molar-refractivity contribution in [3.05, 3.63) is 34.9 Å². The number of carbonyl (C=O) groups excluding carboxylic acids is 1. The second kappa shape index (κ2) is 4.85. The Labute approximate surface area is 100 Å². The minimum atomic E-state index is 0.0381. The van der Waals surface area contributed by atoms with Crippen LogP contribution >= 0.6 is 11.6 Å². The van der Waals surface area contributed by atoms with Crippen LogP contribution in [0.1, 0.15) is 16.8 Å². The summed E-state index contributed by atoms with van der Waals surface area (Å²) in [6.45, 7) is 1.86. The van der Waals surface area contributed by atoms with Crippen molar-refractivity contribution < 1.29 is 4.79 Å². The Morgan fingerprint density at radius 1 is 1.56 bits per heavy atom. The fraction of sp³-hybridized carbons (Fsp3) is 0.417. The molecule has 3 nitrogen and oxygen atoms in total. The number of amides is 1. The van der Waals surface area contributed by atoms with Crippen LogP contribution in [0.25, 0.3) is 0 Å². The van der Waals surface area contributed by atoms with Crippen LogP contribution in [0, 0.1) is 0 Å². The highest BCUT2D eigenvalue weighted by Crippen LogP contribution is 2.15. The smallest absolute Gasteiger partial charge is 0.253 e. The van der Waals surface area contributed by atoms with Crippen LogP contribution in [0.5, 0.6) is 0 Å². The second-order valence-corrected chi connectivity index (χ2v) is 4.51. The van der Waals surface area contributed by atoms with Crippen LogP contribution in [0.4, 0.5) is 0 Å². The first kappa shape index (κ1) is 11.4. The molecule has 1 atom stereocenters. The van der Waals surface area contributed by atoms with Gasteiger partial charge in [-0.2, -0.15) is 0 Å². The van der Waals surface area contributed by atoms with Gasteiger partial charge in [0.1, 0.15) is 0 Å². The normalized spacial score (nSPS) is 19.8. The van der Waals surface area contributed by atoms with Gasteiger partial charge in [0.05, 0.1) is 0 Å². The van der Waals surface area contributed by atoms with Crippen molar-refractivity contribution in [3.8, 4) is 0 Å². The molecule has 0 aromatic heterocycles. The van der Waals surface area contributed by atoms with Crippen LogP contribution in [0.3, 0.4) is 0 Å². The van der Waals surface area contributed by atoms with Crippen LogP contribution in [0.2, 0.25) is 5.02 Å². The molecule has 1 aromatic rings. The first-order valence-corrected chi connectivity index (χ1v) is 5.80. The van der Waals surface area contributed by atoms with Gasteiger partial charge in [0.15, 0.2) is 0 Å². The van der Waals surface area contributed by atoms with Crippen LogP contribution in [0.15, 0.2) is 24.3 Å². The van der Waals surface area contributed by atoms with E-state index in [1.54, 1.807) is 29.2 Å². The number of hydrogen-bond acceptors (Lipinski definition) is 2. The molecule has 1 saturated heterocycles. The molecular formula is C12H15ClN2O. The highest BCUT2D eigenvalue weighted by Gasteiger charge is 2.23. The molecule has 2 rings (SSSR count). The second-order valence-electron chi connectivity index (χ2n) is 4.07. The topological polar surface area (TPSA) is 32.3 Å². The van der Waals surface area contributed by atoms with Gasteiger partial charge in [0.2, 0.25) is 0 Å². The Balaban J connectivity index is 2.12. The summed E-state index contributed by atoms with van der Waals surface area (Å²) in [4.78, 5) is 13.9. The maximum Gasteiger partial charge on any atom is 0.253 e. The molecule has 1 heterocycles. The molecule has 1 fully saturated rings. The molecule has 16 heavy (non-hydrogen) atoms. The molecule has 1 amide bonds. The van der Waals surface area contributed by atoms with Gasteiger partial charge in [0.25, 0.3) is 5.91 Å². The summed E-state index contributed by atoms with van der Waals surface area (Å²) in [6, 6.07) is 7.38. The number of benzene rings is 1. The van der Waals surface area contributed by atoms with Gasteiger partial charge in [-0.15, -0.1) is 0 Å². The molecule has 0 radical (unpaired) electrons. The fourth-order valence-electron chi connectivity index (χ4n) is 1.96. The van der Waals surface area contributed by atoms with Crippen LogP contribution < -0.4 is 5.32 Å². The van der Waals surface area contributed by atoms with E-state index in [4.69, 9.17) is 11.6 Å². The number of nitrogens with one attached hydrogen (secondary N) is 1. The summed E-state index contributed by atoms with van der Waals surface area (Å²) in [6.07, 6.45) is 1.02. The highest BCUT2D eigenvalue weighted by molar-refractivity contribution is 6.30. The molecular weight excluding hydrogens is 224 g/mol. The van der Waals surface area contributed by atoms with Gasteiger partial charge < -0.3 is 10.2 Å². The van der Waals surface area contributed by atoms with E-state index in [2.05, 4.69) is 5.32 Å². The van der Waals surface area contributed by atoms with Crippen LogP contribution in [-0.4, -0.2) is 37.0 Å². The number of carbonyl (C=O) groups is 1. The minimum absolute atomic E-state index is 0.0381. The lowest BCUT2D eigenvalue weighted by molar-refractivity contribution is 0.0744. The summed E-state index contributed by atoms with van der Waals surface area (Å²) < 4.78 is 0. The molecule has 0 spiro atoms. The standard InChI is InChI=1S/C12H15ClN2O/c1-15(11-5-6-14-8-11)12(16)9-3-2-4-10(13)7-9/h2-4,7,11,14H,5-6,8H2,1H3/t11-/m0/s1. The first-order chi connectivity index (χ1) is 7.68. The zero-order valence-electron chi connectivity index (χ0n) is 9.24. The van der Waals surface area contributed by atoms with Crippen molar-refractivity contribution >= 4 is 17.5 Å². The molecule has 1 N–H and O–H groups in total.